The highest BCUT2D eigenvalue weighted by Crippen LogP contribution is 2.33. The van der Waals surface area contributed by atoms with E-state index in [0.717, 1.165) is 0 Å². The molecule has 0 atom stereocenters. The molecule has 0 unspecified atom stereocenters. The van der Waals surface area contributed by atoms with Crippen LogP contribution in [-0.4, -0.2) is 11.0 Å². The Bertz CT molecular complexity index is 1120. The molecule has 0 aliphatic heterocycles. The molecule has 0 fully saturated rings. The lowest BCUT2D eigenvalue weighted by molar-refractivity contribution is 0.255. The van der Waals surface area contributed by atoms with Crippen molar-refractivity contribution in [3.05, 3.63) is 114 Å². The van der Waals surface area contributed by atoms with Gasteiger partial charge in [-0.1, -0.05) is 11.6 Å². The lowest BCUT2D eigenvalue weighted by Crippen LogP contribution is -2.38. The van der Waals surface area contributed by atoms with Crippen LogP contribution in [0, 0.1) is 11.6 Å². The Balaban J connectivity index is 1.86. The van der Waals surface area contributed by atoms with Gasteiger partial charge in [0.1, 0.15) is 11.6 Å². The van der Waals surface area contributed by atoms with Crippen LogP contribution in [0.5, 0.6) is 0 Å². The minimum Gasteiger partial charge on any atom is -0.265 e. The standard InChI is InChI=1S/C24H16ClF2N3O/c25-17-1-7-20(8-2-17)30(23-13-15-28-16-14-23)24(31)29(21-9-3-18(26)4-10-21)22-11-5-19(27)6-12-22/h1-16H. The fourth-order valence-corrected chi connectivity index (χ4v) is 3.23. The predicted molar refractivity (Wildman–Crippen MR) is 118 cm³/mol. The molecule has 7 heteroatoms. The van der Waals surface area contributed by atoms with Crippen molar-refractivity contribution < 1.29 is 13.6 Å². The van der Waals surface area contributed by atoms with Crippen molar-refractivity contribution in [3.8, 4) is 0 Å². The normalized spacial score (nSPS) is 10.5. The lowest BCUT2D eigenvalue weighted by Gasteiger charge is -2.31. The van der Waals surface area contributed by atoms with Crippen LogP contribution in [0.2, 0.25) is 5.02 Å². The number of hydrogen-bond acceptors (Lipinski definition) is 2. The molecule has 0 radical (unpaired) electrons. The van der Waals surface area contributed by atoms with Crippen LogP contribution in [0.1, 0.15) is 0 Å². The molecule has 0 aliphatic rings. The topological polar surface area (TPSA) is 36.4 Å². The number of aromatic nitrogens is 1. The molecule has 154 valence electrons. The Morgan fingerprint density at radius 2 is 0.968 bits per heavy atom. The monoisotopic (exact) mass is 435 g/mol. The Kier molecular flexibility index (Phi) is 5.91. The summed E-state index contributed by atoms with van der Waals surface area (Å²) >= 11 is 6.03. The molecule has 0 aliphatic carbocycles. The van der Waals surface area contributed by atoms with Gasteiger partial charge in [0.05, 0.1) is 22.7 Å². The summed E-state index contributed by atoms with van der Waals surface area (Å²) in [6.45, 7) is 0. The van der Waals surface area contributed by atoms with E-state index in [9.17, 15) is 13.6 Å². The molecule has 4 nitrogen and oxygen atoms in total. The number of urea groups is 1. The smallest absolute Gasteiger partial charge is 0.265 e. The highest BCUT2D eigenvalue weighted by atomic mass is 35.5. The maximum atomic E-state index is 13.9. The van der Waals surface area contributed by atoms with Crippen molar-refractivity contribution in [3.63, 3.8) is 0 Å². The van der Waals surface area contributed by atoms with E-state index in [1.807, 2.05) is 0 Å². The number of rotatable bonds is 4. The van der Waals surface area contributed by atoms with E-state index < -0.39 is 17.7 Å². The molecule has 0 saturated heterocycles. The van der Waals surface area contributed by atoms with Gasteiger partial charge in [0.15, 0.2) is 0 Å². The quantitative estimate of drug-likeness (QED) is 0.342. The zero-order valence-corrected chi connectivity index (χ0v) is 16.9. The minimum absolute atomic E-state index is 0.422. The summed E-state index contributed by atoms with van der Waals surface area (Å²) in [5.74, 6) is -0.863. The second-order valence-electron chi connectivity index (χ2n) is 6.59. The van der Waals surface area contributed by atoms with Gasteiger partial charge in [0, 0.05) is 17.4 Å². The summed E-state index contributed by atoms with van der Waals surface area (Å²) < 4.78 is 27.1. The molecule has 31 heavy (non-hydrogen) atoms. The van der Waals surface area contributed by atoms with Crippen molar-refractivity contribution in [2.24, 2.45) is 0 Å². The van der Waals surface area contributed by atoms with E-state index in [1.54, 1.807) is 48.8 Å². The van der Waals surface area contributed by atoms with Crippen molar-refractivity contribution in [2.75, 3.05) is 9.80 Å². The van der Waals surface area contributed by atoms with Crippen LogP contribution >= 0.6 is 11.6 Å². The number of nitrogens with zero attached hydrogens (tertiary/aromatic N) is 3. The summed E-state index contributed by atoms with van der Waals surface area (Å²) in [5, 5.41) is 0.528. The van der Waals surface area contributed by atoms with Gasteiger partial charge in [-0.25, -0.2) is 13.6 Å². The molecule has 1 aromatic heterocycles. The number of carbonyl (C=O) groups is 1. The first-order chi connectivity index (χ1) is 15.0. The number of pyridine rings is 1. The van der Waals surface area contributed by atoms with E-state index in [4.69, 9.17) is 11.6 Å². The van der Waals surface area contributed by atoms with Crippen molar-refractivity contribution in [2.45, 2.75) is 0 Å². The second kappa shape index (κ2) is 8.93. The largest absolute Gasteiger partial charge is 0.338 e. The van der Waals surface area contributed by atoms with Gasteiger partial charge in [0.25, 0.3) is 0 Å². The Morgan fingerprint density at radius 3 is 1.39 bits per heavy atom. The van der Waals surface area contributed by atoms with Crippen molar-refractivity contribution in [1.29, 1.82) is 0 Å². The Morgan fingerprint density at radius 1 is 0.613 bits per heavy atom. The molecule has 4 aromatic rings. The van der Waals surface area contributed by atoms with E-state index in [0.29, 0.717) is 27.8 Å². The highest BCUT2D eigenvalue weighted by molar-refractivity contribution is 6.30. The molecule has 0 bridgehead atoms. The van der Waals surface area contributed by atoms with Crippen LogP contribution in [0.3, 0.4) is 0 Å². The van der Waals surface area contributed by atoms with Crippen LogP contribution in [0.25, 0.3) is 0 Å². The molecule has 0 spiro atoms. The van der Waals surface area contributed by atoms with Crippen LogP contribution < -0.4 is 9.80 Å². The molecular formula is C24H16ClF2N3O. The fourth-order valence-electron chi connectivity index (χ4n) is 3.10. The van der Waals surface area contributed by atoms with Crippen LogP contribution in [-0.2, 0) is 0 Å². The molecule has 4 rings (SSSR count). The maximum absolute atomic E-state index is 13.9. The summed E-state index contributed by atoms with van der Waals surface area (Å²) in [4.78, 5) is 20.8. The summed E-state index contributed by atoms with van der Waals surface area (Å²) in [7, 11) is 0. The molecule has 0 N–H and O–H groups in total. The predicted octanol–water partition coefficient (Wildman–Crippen LogP) is 7.11. The summed E-state index contributed by atoms with van der Waals surface area (Å²) in [5.41, 5.74) is 1.98. The second-order valence-corrected chi connectivity index (χ2v) is 7.02. The van der Waals surface area contributed by atoms with E-state index in [-0.39, 0.29) is 0 Å². The summed E-state index contributed by atoms with van der Waals surface area (Å²) in [6, 6.07) is 20.7. The molecule has 2 amide bonds. The minimum atomic E-state index is -0.452. The van der Waals surface area contributed by atoms with E-state index in [2.05, 4.69) is 4.98 Å². The molecule has 0 saturated carbocycles. The van der Waals surface area contributed by atoms with Gasteiger partial charge < -0.3 is 0 Å². The average molecular weight is 436 g/mol. The number of anilines is 4. The first kappa shape index (κ1) is 20.5. The lowest BCUT2D eigenvalue weighted by atomic mass is 10.2. The zero-order chi connectivity index (χ0) is 21.8. The van der Waals surface area contributed by atoms with Crippen molar-refractivity contribution >= 4 is 40.4 Å². The number of halogens is 3. The maximum Gasteiger partial charge on any atom is 0.338 e. The van der Waals surface area contributed by atoms with Gasteiger partial charge >= 0.3 is 6.03 Å². The number of carbonyl (C=O) groups excluding carboxylic acids is 1. The third-order valence-corrected chi connectivity index (χ3v) is 4.81. The van der Waals surface area contributed by atoms with Crippen molar-refractivity contribution in [1.82, 2.24) is 4.98 Å². The average Bonchev–Trinajstić information content (AvgIpc) is 2.79. The van der Waals surface area contributed by atoms with Gasteiger partial charge in [-0.2, -0.15) is 0 Å². The van der Waals surface area contributed by atoms with E-state index in [1.165, 1.54) is 58.3 Å². The first-order valence-electron chi connectivity index (χ1n) is 9.34. The fraction of sp³-hybridized carbons (Fsp3) is 0. The molecular weight excluding hydrogens is 420 g/mol. The third kappa shape index (κ3) is 4.54. The molecule has 1 heterocycles. The molecule has 3 aromatic carbocycles. The zero-order valence-electron chi connectivity index (χ0n) is 16.1. The number of amides is 2. The van der Waals surface area contributed by atoms with Gasteiger partial charge in [-0.15, -0.1) is 0 Å². The highest BCUT2D eigenvalue weighted by Gasteiger charge is 2.27. The van der Waals surface area contributed by atoms with Gasteiger partial charge in [-0.3, -0.25) is 14.8 Å². The van der Waals surface area contributed by atoms with Crippen LogP contribution in [0.4, 0.5) is 36.3 Å². The Hall–Kier alpha value is -3.77. The van der Waals surface area contributed by atoms with Gasteiger partial charge in [-0.05, 0) is 84.9 Å². The Labute approximate surface area is 183 Å². The summed E-state index contributed by atoms with van der Waals surface area (Å²) in [6.07, 6.45) is 3.15. The first-order valence-corrected chi connectivity index (χ1v) is 9.72. The SMILES string of the molecule is O=C(N(c1ccc(F)cc1)c1ccc(F)cc1)N(c1ccncc1)c1ccc(Cl)cc1. The van der Waals surface area contributed by atoms with Gasteiger partial charge in [0.2, 0.25) is 0 Å². The number of hydrogen-bond donors (Lipinski definition) is 0. The van der Waals surface area contributed by atoms with E-state index >= 15 is 0 Å². The number of benzene rings is 3. The van der Waals surface area contributed by atoms with Crippen LogP contribution in [0.15, 0.2) is 97.3 Å². The third-order valence-electron chi connectivity index (χ3n) is 4.56.